The summed E-state index contributed by atoms with van der Waals surface area (Å²) in [5.41, 5.74) is 4.21. The smallest absolute Gasteiger partial charge is 0.410 e. The van der Waals surface area contributed by atoms with Crippen LogP contribution in [0.5, 0.6) is 5.75 Å². The molecule has 3 aliphatic rings. The molecule has 2 amide bonds. The molecule has 11 heteroatoms. The number of hydrogen-bond acceptors (Lipinski definition) is 7. The Morgan fingerprint density at radius 2 is 1.36 bits per heavy atom. The van der Waals surface area contributed by atoms with Gasteiger partial charge in [-0.1, -0.05) is 72.8 Å². The predicted octanol–water partition coefficient (Wildman–Crippen LogP) is 6.10. The lowest BCUT2D eigenvalue weighted by Crippen LogP contribution is -2.49. The molecule has 0 bridgehead atoms. The summed E-state index contributed by atoms with van der Waals surface area (Å²) in [6.07, 6.45) is 4.10. The lowest BCUT2D eigenvalue weighted by atomic mass is 9.78. The third kappa shape index (κ3) is 8.67. The highest BCUT2D eigenvalue weighted by Crippen LogP contribution is 2.34. The fourth-order valence-corrected chi connectivity index (χ4v) is 8.58. The lowest BCUT2D eigenvalue weighted by Gasteiger charge is -2.41. The first kappa shape index (κ1) is 36.5. The Morgan fingerprint density at radius 3 is 1.98 bits per heavy atom. The maximum absolute atomic E-state index is 14.2. The number of phenolic OH excluding ortho intramolecular Hbond substituents is 1. The van der Waals surface area contributed by atoms with Gasteiger partial charge in [0, 0.05) is 44.7 Å². The van der Waals surface area contributed by atoms with Crippen LogP contribution in [-0.2, 0) is 22.5 Å². The number of aryl methyl sites for hydroxylation is 2. The Bertz CT molecular complexity index is 1880. The molecule has 280 valence electrons. The van der Waals surface area contributed by atoms with E-state index in [0.29, 0.717) is 56.7 Å². The third-order valence-electron chi connectivity index (χ3n) is 11.6. The number of ether oxygens (including phenoxy) is 1. The quantitative estimate of drug-likeness (QED) is 0.214. The van der Waals surface area contributed by atoms with E-state index in [0.717, 1.165) is 54.7 Å². The standard InChI is InChI=1S/C42H52N6O5/c1-29-25-32(26-30(2)38(29)49)27-37(40(50)46-21-15-34(16-22-46)33-13-19-45(20-14-33)28-31-9-5-3-6-10-31)53-42(52)47-23-17-36(18-24-47)48-41(51)43-39(44-48)35-11-7-4-8-12-35/h3-12,25-26,33-34,36-37,49H,13-24,27-28H2,1-2H3,(H,43,44,51)/t37-/m1/s1. The first-order valence-corrected chi connectivity index (χ1v) is 19.3. The van der Waals surface area contributed by atoms with E-state index in [1.807, 2.05) is 61.2 Å². The van der Waals surface area contributed by atoms with Crippen LogP contribution in [0.1, 0.15) is 66.8 Å². The third-order valence-corrected chi connectivity index (χ3v) is 11.6. The zero-order chi connectivity index (χ0) is 36.9. The van der Waals surface area contributed by atoms with Crippen LogP contribution in [0.4, 0.5) is 4.79 Å². The van der Waals surface area contributed by atoms with E-state index in [-0.39, 0.29) is 29.8 Å². The molecule has 0 aliphatic carbocycles. The first-order valence-electron chi connectivity index (χ1n) is 19.3. The second-order valence-electron chi connectivity index (χ2n) is 15.2. The maximum atomic E-state index is 14.2. The number of aromatic nitrogens is 3. The van der Waals surface area contributed by atoms with Gasteiger partial charge in [-0.05, 0) is 99.6 Å². The second-order valence-corrected chi connectivity index (χ2v) is 15.2. The van der Waals surface area contributed by atoms with Crippen LogP contribution in [0, 0.1) is 25.7 Å². The molecule has 4 aromatic rings. The van der Waals surface area contributed by atoms with Gasteiger partial charge in [-0.2, -0.15) is 0 Å². The van der Waals surface area contributed by atoms with Gasteiger partial charge in [0.15, 0.2) is 11.9 Å². The molecule has 53 heavy (non-hydrogen) atoms. The van der Waals surface area contributed by atoms with E-state index in [2.05, 4.69) is 45.3 Å². The van der Waals surface area contributed by atoms with Crippen molar-refractivity contribution in [3.8, 4) is 17.1 Å². The van der Waals surface area contributed by atoms with E-state index < -0.39 is 12.2 Å². The molecule has 0 saturated carbocycles. The van der Waals surface area contributed by atoms with Crippen LogP contribution in [0.15, 0.2) is 77.6 Å². The van der Waals surface area contributed by atoms with Crippen molar-refractivity contribution in [2.75, 3.05) is 39.3 Å². The summed E-state index contributed by atoms with van der Waals surface area (Å²) < 4.78 is 7.58. The number of aromatic hydroxyl groups is 1. The molecule has 11 nitrogen and oxygen atoms in total. The number of aromatic amines is 1. The second kappa shape index (κ2) is 16.4. The van der Waals surface area contributed by atoms with E-state index in [4.69, 9.17) is 4.74 Å². The Hall–Kier alpha value is -4.90. The fourth-order valence-electron chi connectivity index (χ4n) is 8.58. The number of nitrogens with one attached hydrogen (secondary N) is 1. The molecule has 3 aromatic carbocycles. The molecular weight excluding hydrogens is 668 g/mol. The molecule has 7 rings (SSSR count). The van der Waals surface area contributed by atoms with Gasteiger partial charge < -0.3 is 19.6 Å². The number of H-pyrrole nitrogens is 1. The molecule has 3 aliphatic heterocycles. The van der Waals surface area contributed by atoms with Gasteiger partial charge in [-0.25, -0.2) is 14.3 Å². The molecular formula is C42H52N6O5. The van der Waals surface area contributed by atoms with Gasteiger partial charge in [0.2, 0.25) is 0 Å². The molecule has 0 spiro atoms. The van der Waals surface area contributed by atoms with Crippen molar-refractivity contribution in [1.29, 1.82) is 0 Å². The van der Waals surface area contributed by atoms with Crippen molar-refractivity contribution >= 4 is 12.0 Å². The van der Waals surface area contributed by atoms with Gasteiger partial charge in [0.25, 0.3) is 5.91 Å². The molecule has 4 heterocycles. The van der Waals surface area contributed by atoms with E-state index in [1.165, 1.54) is 23.1 Å². The molecule has 1 aromatic heterocycles. The van der Waals surface area contributed by atoms with Crippen molar-refractivity contribution in [2.24, 2.45) is 11.8 Å². The highest BCUT2D eigenvalue weighted by atomic mass is 16.6. The normalized spacial score (nSPS) is 18.6. The summed E-state index contributed by atoms with van der Waals surface area (Å²) in [6.45, 7) is 8.97. The number of nitrogens with zero attached hydrogens (tertiary/aromatic N) is 5. The van der Waals surface area contributed by atoms with Gasteiger partial charge >= 0.3 is 11.8 Å². The number of phenols is 1. The van der Waals surface area contributed by atoms with Crippen molar-refractivity contribution in [3.05, 3.63) is 106 Å². The highest BCUT2D eigenvalue weighted by Gasteiger charge is 2.36. The minimum atomic E-state index is -0.983. The average molecular weight is 721 g/mol. The lowest BCUT2D eigenvalue weighted by molar-refractivity contribution is -0.142. The molecule has 3 saturated heterocycles. The SMILES string of the molecule is Cc1cc(C[C@@H](OC(=O)N2CCC(n3nc(-c4ccccc4)[nH]c3=O)CC2)C(=O)N2CCC(C3CCN(Cc4ccccc4)CC3)CC2)cc(C)c1O. The van der Waals surface area contributed by atoms with Gasteiger partial charge in [-0.15, -0.1) is 5.10 Å². The number of benzene rings is 3. The van der Waals surface area contributed by atoms with Crippen LogP contribution >= 0.6 is 0 Å². The molecule has 0 radical (unpaired) electrons. The summed E-state index contributed by atoms with van der Waals surface area (Å²) in [5.74, 6) is 1.85. The van der Waals surface area contributed by atoms with Crippen LogP contribution in [-0.4, -0.2) is 91.9 Å². The van der Waals surface area contributed by atoms with Crippen LogP contribution in [0.3, 0.4) is 0 Å². The summed E-state index contributed by atoms with van der Waals surface area (Å²) in [4.78, 5) is 49.6. The number of rotatable bonds is 9. The summed E-state index contributed by atoms with van der Waals surface area (Å²) in [7, 11) is 0. The van der Waals surface area contributed by atoms with Crippen molar-refractivity contribution in [1.82, 2.24) is 29.5 Å². The maximum Gasteiger partial charge on any atom is 0.410 e. The van der Waals surface area contributed by atoms with E-state index >= 15 is 0 Å². The van der Waals surface area contributed by atoms with Crippen LogP contribution in [0.25, 0.3) is 11.4 Å². The molecule has 1 atom stereocenters. The Labute approximate surface area is 311 Å². The van der Waals surface area contributed by atoms with E-state index in [1.54, 1.807) is 4.90 Å². The van der Waals surface area contributed by atoms with Gasteiger partial charge in [0.05, 0.1) is 6.04 Å². The van der Waals surface area contributed by atoms with Gasteiger partial charge in [0.1, 0.15) is 5.75 Å². The highest BCUT2D eigenvalue weighted by molar-refractivity contribution is 5.84. The summed E-state index contributed by atoms with van der Waals surface area (Å²) in [5, 5.41) is 15.0. The Balaban J connectivity index is 0.959. The molecule has 3 fully saturated rings. The monoisotopic (exact) mass is 720 g/mol. The number of hydrogen-bond donors (Lipinski definition) is 2. The van der Waals surface area contributed by atoms with Crippen molar-refractivity contribution in [2.45, 2.75) is 77.5 Å². The first-order chi connectivity index (χ1) is 25.7. The number of piperidine rings is 3. The summed E-state index contributed by atoms with van der Waals surface area (Å²) >= 11 is 0. The Morgan fingerprint density at radius 1 is 0.792 bits per heavy atom. The predicted molar refractivity (Wildman–Crippen MR) is 203 cm³/mol. The number of likely N-dealkylation sites (tertiary alicyclic amines) is 3. The van der Waals surface area contributed by atoms with Crippen LogP contribution in [0.2, 0.25) is 0 Å². The summed E-state index contributed by atoms with van der Waals surface area (Å²) in [6, 6.07) is 23.8. The zero-order valence-corrected chi connectivity index (χ0v) is 31.0. The fraction of sp³-hybridized carbons (Fsp3) is 0.476. The number of amides is 2. The number of carbonyl (C=O) groups is 2. The average Bonchev–Trinajstić information content (AvgIpc) is 3.59. The van der Waals surface area contributed by atoms with Gasteiger partial charge in [-0.3, -0.25) is 14.7 Å². The Kier molecular flexibility index (Phi) is 11.3. The van der Waals surface area contributed by atoms with Crippen molar-refractivity contribution in [3.63, 3.8) is 0 Å². The van der Waals surface area contributed by atoms with E-state index in [9.17, 15) is 19.5 Å². The largest absolute Gasteiger partial charge is 0.507 e. The number of carbonyl (C=O) groups excluding carboxylic acids is 2. The minimum absolute atomic E-state index is 0.155. The molecule has 2 N–H and O–H groups in total. The minimum Gasteiger partial charge on any atom is -0.507 e. The molecule has 0 unspecified atom stereocenters. The zero-order valence-electron chi connectivity index (χ0n) is 31.0. The topological polar surface area (TPSA) is 124 Å². The van der Waals surface area contributed by atoms with Crippen LogP contribution < -0.4 is 5.69 Å². The van der Waals surface area contributed by atoms with Crippen molar-refractivity contribution < 1.29 is 19.4 Å².